The number of benzene rings is 1. The second-order valence-corrected chi connectivity index (χ2v) is 8.60. The van der Waals surface area contributed by atoms with Crippen molar-refractivity contribution in [3.8, 4) is 0 Å². The van der Waals surface area contributed by atoms with Gasteiger partial charge in [0, 0.05) is 24.2 Å². The fraction of sp³-hybridized carbons (Fsp3) is 0.636. The van der Waals surface area contributed by atoms with E-state index in [9.17, 15) is 14.3 Å². The number of aliphatic imine (C=N–C) groups is 1. The van der Waals surface area contributed by atoms with Crippen LogP contribution in [0.2, 0.25) is 0 Å². The number of hydrogen-bond donors (Lipinski definition) is 4. The molecule has 1 saturated carbocycles. The van der Waals surface area contributed by atoms with Crippen LogP contribution in [-0.2, 0) is 4.74 Å². The summed E-state index contributed by atoms with van der Waals surface area (Å²) in [7, 11) is 0. The first-order valence-corrected chi connectivity index (χ1v) is 10.6. The minimum Gasteiger partial charge on any atom is -0.444 e. The number of halogens is 1. The number of guanidine groups is 1. The van der Waals surface area contributed by atoms with Gasteiger partial charge in [0.1, 0.15) is 17.5 Å². The van der Waals surface area contributed by atoms with Crippen LogP contribution >= 0.6 is 0 Å². The quantitative estimate of drug-likeness (QED) is 0.417. The van der Waals surface area contributed by atoms with Crippen molar-refractivity contribution >= 4 is 12.1 Å². The first-order chi connectivity index (χ1) is 14.2. The summed E-state index contributed by atoms with van der Waals surface area (Å²) in [5.41, 5.74) is -0.265. The first-order valence-electron chi connectivity index (χ1n) is 10.6. The molecule has 0 heterocycles. The lowest BCUT2D eigenvalue weighted by molar-refractivity contribution is 0.0490. The zero-order valence-corrected chi connectivity index (χ0v) is 18.4. The van der Waals surface area contributed by atoms with Gasteiger partial charge in [0.2, 0.25) is 0 Å². The second-order valence-electron chi connectivity index (χ2n) is 8.60. The Hall–Kier alpha value is -2.35. The smallest absolute Gasteiger partial charge is 0.407 e. The molecule has 1 aliphatic rings. The predicted octanol–water partition coefficient (Wildman–Crippen LogP) is 3.25. The van der Waals surface area contributed by atoms with Crippen molar-refractivity contribution in [1.29, 1.82) is 0 Å². The molecule has 1 aromatic rings. The fourth-order valence-corrected chi connectivity index (χ4v) is 3.39. The van der Waals surface area contributed by atoms with E-state index in [4.69, 9.17) is 4.74 Å². The monoisotopic (exact) mass is 422 g/mol. The summed E-state index contributed by atoms with van der Waals surface area (Å²) in [6, 6.07) is 6.49. The molecule has 1 unspecified atom stereocenters. The molecule has 1 atom stereocenters. The molecule has 0 aromatic heterocycles. The van der Waals surface area contributed by atoms with Crippen LogP contribution in [0.5, 0.6) is 0 Å². The van der Waals surface area contributed by atoms with Crippen molar-refractivity contribution in [2.24, 2.45) is 4.99 Å². The van der Waals surface area contributed by atoms with E-state index in [0.717, 1.165) is 25.7 Å². The summed E-state index contributed by atoms with van der Waals surface area (Å²) >= 11 is 0. The number of hydrogen-bond acceptors (Lipinski definition) is 4. The van der Waals surface area contributed by atoms with Crippen LogP contribution < -0.4 is 16.0 Å². The Balaban J connectivity index is 1.83. The third kappa shape index (κ3) is 8.18. The van der Waals surface area contributed by atoms with Crippen molar-refractivity contribution in [3.63, 3.8) is 0 Å². The normalized spacial score (nSPS) is 20.9. The van der Waals surface area contributed by atoms with E-state index < -0.39 is 17.5 Å². The topological polar surface area (TPSA) is 95.0 Å². The number of alkyl carbamates (subject to hydrolysis) is 1. The molecule has 7 nitrogen and oxygen atoms in total. The standard InChI is InChI=1S/C22H35FN4O3/c1-5-24-20(25-14-19(28)17-8-6-7-9-18(17)23)26-15-10-12-16(13-11-15)27-21(29)30-22(2,3)4/h6-9,15-16,19,28H,5,10-14H2,1-4H3,(H,27,29)(H2,24,25,26). The van der Waals surface area contributed by atoms with Gasteiger partial charge < -0.3 is 25.8 Å². The third-order valence-corrected chi connectivity index (χ3v) is 4.82. The molecule has 8 heteroatoms. The number of ether oxygens (including phenoxy) is 1. The fourth-order valence-electron chi connectivity index (χ4n) is 3.39. The summed E-state index contributed by atoms with van der Waals surface area (Å²) in [6.07, 6.45) is 2.05. The molecule has 2 rings (SSSR count). The molecule has 1 fully saturated rings. The summed E-state index contributed by atoms with van der Waals surface area (Å²) in [5, 5.41) is 19.7. The maximum atomic E-state index is 13.8. The lowest BCUT2D eigenvalue weighted by atomic mass is 9.91. The molecule has 1 aliphatic carbocycles. The van der Waals surface area contributed by atoms with Crippen molar-refractivity contribution in [3.05, 3.63) is 35.6 Å². The van der Waals surface area contributed by atoms with Gasteiger partial charge in [0.15, 0.2) is 5.96 Å². The van der Waals surface area contributed by atoms with Crippen molar-refractivity contribution < 1.29 is 19.0 Å². The second kappa shape index (κ2) is 11.2. The van der Waals surface area contributed by atoms with E-state index in [1.165, 1.54) is 6.07 Å². The van der Waals surface area contributed by atoms with Gasteiger partial charge in [-0.25, -0.2) is 9.18 Å². The van der Waals surface area contributed by atoms with Crippen LogP contribution in [0.4, 0.5) is 9.18 Å². The van der Waals surface area contributed by atoms with Gasteiger partial charge in [-0.2, -0.15) is 0 Å². The van der Waals surface area contributed by atoms with E-state index in [0.29, 0.717) is 12.5 Å². The Bertz CT molecular complexity index is 713. The molecule has 0 saturated heterocycles. The van der Waals surface area contributed by atoms with Crippen molar-refractivity contribution in [2.45, 2.75) is 77.2 Å². The Morgan fingerprint density at radius 1 is 1.20 bits per heavy atom. The van der Waals surface area contributed by atoms with E-state index in [2.05, 4.69) is 20.9 Å². The number of rotatable bonds is 6. The average Bonchev–Trinajstić information content (AvgIpc) is 2.66. The highest BCUT2D eigenvalue weighted by atomic mass is 19.1. The minimum atomic E-state index is -1.00. The first kappa shape index (κ1) is 23.9. The van der Waals surface area contributed by atoms with E-state index in [-0.39, 0.29) is 30.3 Å². The summed E-state index contributed by atoms with van der Waals surface area (Å²) in [6.45, 7) is 8.24. The highest BCUT2D eigenvalue weighted by molar-refractivity contribution is 5.80. The number of aliphatic hydroxyl groups is 1. The van der Waals surface area contributed by atoms with E-state index in [1.807, 2.05) is 27.7 Å². The number of carbonyl (C=O) groups excluding carboxylic acids is 1. The van der Waals surface area contributed by atoms with Crippen LogP contribution in [0.15, 0.2) is 29.3 Å². The summed E-state index contributed by atoms with van der Waals surface area (Å²) in [4.78, 5) is 16.4. The summed E-state index contributed by atoms with van der Waals surface area (Å²) < 4.78 is 19.1. The number of carbonyl (C=O) groups is 1. The van der Waals surface area contributed by atoms with Crippen LogP contribution in [0.25, 0.3) is 0 Å². The number of nitrogens with one attached hydrogen (secondary N) is 3. The largest absolute Gasteiger partial charge is 0.444 e. The molecule has 0 radical (unpaired) electrons. The molecule has 0 aliphatic heterocycles. The molecule has 0 spiro atoms. The summed E-state index contributed by atoms with van der Waals surface area (Å²) in [5.74, 6) is 0.158. The molecule has 30 heavy (non-hydrogen) atoms. The molecular weight excluding hydrogens is 387 g/mol. The van der Waals surface area contributed by atoms with Crippen LogP contribution in [0.1, 0.15) is 65.0 Å². The zero-order valence-electron chi connectivity index (χ0n) is 18.4. The maximum absolute atomic E-state index is 13.8. The molecule has 168 valence electrons. The average molecular weight is 423 g/mol. The highest BCUT2D eigenvalue weighted by Crippen LogP contribution is 2.20. The van der Waals surface area contributed by atoms with Crippen LogP contribution in [0, 0.1) is 5.82 Å². The highest BCUT2D eigenvalue weighted by Gasteiger charge is 2.25. The van der Waals surface area contributed by atoms with Gasteiger partial charge in [-0.05, 0) is 59.4 Å². The predicted molar refractivity (Wildman–Crippen MR) is 116 cm³/mol. The Morgan fingerprint density at radius 3 is 2.37 bits per heavy atom. The van der Waals surface area contributed by atoms with E-state index in [1.54, 1.807) is 18.2 Å². The Morgan fingerprint density at radius 2 is 1.80 bits per heavy atom. The molecule has 1 amide bonds. The molecule has 0 bridgehead atoms. The van der Waals surface area contributed by atoms with Gasteiger partial charge >= 0.3 is 6.09 Å². The molecular formula is C22H35FN4O3. The number of nitrogens with zero attached hydrogens (tertiary/aromatic N) is 1. The lowest BCUT2D eigenvalue weighted by Crippen LogP contribution is -2.48. The van der Waals surface area contributed by atoms with E-state index >= 15 is 0 Å². The SMILES string of the molecule is CCNC(=NCC(O)c1ccccc1F)NC1CCC(NC(=O)OC(C)(C)C)CC1. The van der Waals surface area contributed by atoms with Gasteiger partial charge in [-0.3, -0.25) is 4.99 Å². The van der Waals surface area contributed by atoms with Crippen LogP contribution in [0.3, 0.4) is 0 Å². The van der Waals surface area contributed by atoms with Gasteiger partial charge in [0.25, 0.3) is 0 Å². The van der Waals surface area contributed by atoms with Crippen molar-refractivity contribution in [2.75, 3.05) is 13.1 Å². The molecule has 4 N–H and O–H groups in total. The van der Waals surface area contributed by atoms with Gasteiger partial charge in [-0.15, -0.1) is 0 Å². The zero-order chi connectivity index (χ0) is 22.1. The Kier molecular flexibility index (Phi) is 8.89. The number of aliphatic hydroxyl groups excluding tert-OH is 1. The van der Waals surface area contributed by atoms with Crippen LogP contribution in [-0.4, -0.2) is 47.9 Å². The maximum Gasteiger partial charge on any atom is 0.407 e. The third-order valence-electron chi connectivity index (χ3n) is 4.82. The number of amides is 1. The minimum absolute atomic E-state index is 0.0613. The Labute approximate surface area is 178 Å². The van der Waals surface area contributed by atoms with Gasteiger partial charge in [-0.1, -0.05) is 18.2 Å². The van der Waals surface area contributed by atoms with Gasteiger partial charge in [0.05, 0.1) is 6.54 Å². The lowest BCUT2D eigenvalue weighted by Gasteiger charge is -2.31. The van der Waals surface area contributed by atoms with Crippen molar-refractivity contribution in [1.82, 2.24) is 16.0 Å². The molecule has 1 aromatic carbocycles.